The molecule has 27 heavy (non-hydrogen) atoms. The molecule has 0 unspecified atom stereocenters. The molecule has 1 aromatic heterocycles. The van der Waals surface area contributed by atoms with E-state index in [1.54, 1.807) is 0 Å². The number of nitrogens with zero attached hydrogens (tertiary/aromatic N) is 1. The van der Waals surface area contributed by atoms with Crippen LogP contribution in [0.1, 0.15) is 30.7 Å². The Kier molecular flexibility index (Phi) is 5.07. The van der Waals surface area contributed by atoms with Gasteiger partial charge < -0.3 is 9.73 Å². The van der Waals surface area contributed by atoms with Crippen molar-refractivity contribution in [2.75, 3.05) is 19.6 Å². The van der Waals surface area contributed by atoms with E-state index in [1.807, 2.05) is 43.3 Å². The SMILES string of the molecule is C[C@@H](NC(=O)CN1CC=C(c2ccccc2)CC1)c1cc2ccccc2o1. The van der Waals surface area contributed by atoms with E-state index in [-0.39, 0.29) is 11.9 Å². The van der Waals surface area contributed by atoms with E-state index in [9.17, 15) is 4.79 Å². The fraction of sp³-hybridized carbons (Fsp3) is 0.261. The maximum Gasteiger partial charge on any atom is 0.234 e. The van der Waals surface area contributed by atoms with Crippen molar-refractivity contribution in [3.63, 3.8) is 0 Å². The fourth-order valence-electron chi connectivity index (χ4n) is 3.55. The van der Waals surface area contributed by atoms with Crippen molar-refractivity contribution in [2.24, 2.45) is 0 Å². The number of rotatable bonds is 5. The van der Waals surface area contributed by atoms with Gasteiger partial charge in [-0.25, -0.2) is 0 Å². The van der Waals surface area contributed by atoms with Crippen molar-refractivity contribution in [1.82, 2.24) is 10.2 Å². The van der Waals surface area contributed by atoms with Gasteiger partial charge in [0.25, 0.3) is 0 Å². The molecule has 0 saturated carbocycles. The second-order valence-electron chi connectivity index (χ2n) is 7.06. The topological polar surface area (TPSA) is 45.5 Å². The van der Waals surface area contributed by atoms with E-state index < -0.39 is 0 Å². The summed E-state index contributed by atoms with van der Waals surface area (Å²) in [4.78, 5) is 14.6. The maximum absolute atomic E-state index is 12.4. The predicted octanol–water partition coefficient (Wildman–Crippen LogP) is 4.40. The lowest BCUT2D eigenvalue weighted by molar-refractivity contribution is -0.122. The molecule has 1 amide bonds. The lowest BCUT2D eigenvalue weighted by Gasteiger charge is -2.26. The van der Waals surface area contributed by atoms with Crippen molar-refractivity contribution < 1.29 is 9.21 Å². The Labute approximate surface area is 159 Å². The van der Waals surface area contributed by atoms with E-state index in [4.69, 9.17) is 4.42 Å². The number of fused-ring (bicyclic) bond motifs is 1. The van der Waals surface area contributed by atoms with Gasteiger partial charge in [-0.2, -0.15) is 0 Å². The molecule has 0 bridgehead atoms. The van der Waals surface area contributed by atoms with Crippen LogP contribution < -0.4 is 5.32 Å². The fourth-order valence-corrected chi connectivity index (χ4v) is 3.55. The minimum atomic E-state index is -0.148. The molecule has 0 fully saturated rings. The summed E-state index contributed by atoms with van der Waals surface area (Å²) < 4.78 is 5.85. The van der Waals surface area contributed by atoms with Crippen LogP contribution in [0.5, 0.6) is 0 Å². The zero-order valence-electron chi connectivity index (χ0n) is 15.5. The Balaban J connectivity index is 1.32. The largest absolute Gasteiger partial charge is 0.459 e. The summed E-state index contributed by atoms with van der Waals surface area (Å²) in [7, 11) is 0. The third-order valence-electron chi connectivity index (χ3n) is 5.05. The van der Waals surface area contributed by atoms with Gasteiger partial charge in [0.1, 0.15) is 11.3 Å². The van der Waals surface area contributed by atoms with Gasteiger partial charge in [-0.1, -0.05) is 54.6 Å². The van der Waals surface area contributed by atoms with Gasteiger partial charge in [-0.15, -0.1) is 0 Å². The number of hydrogen-bond donors (Lipinski definition) is 1. The summed E-state index contributed by atoms with van der Waals surface area (Å²) in [6, 6.07) is 20.2. The van der Waals surface area contributed by atoms with Crippen molar-refractivity contribution in [3.8, 4) is 0 Å². The zero-order chi connectivity index (χ0) is 18.6. The van der Waals surface area contributed by atoms with Gasteiger partial charge in [0, 0.05) is 18.5 Å². The van der Waals surface area contributed by atoms with E-state index in [0.717, 1.165) is 36.2 Å². The van der Waals surface area contributed by atoms with E-state index in [2.05, 4.69) is 40.6 Å². The summed E-state index contributed by atoms with van der Waals surface area (Å²) >= 11 is 0. The molecule has 3 aromatic rings. The number of hydrogen-bond acceptors (Lipinski definition) is 3. The van der Waals surface area contributed by atoms with Gasteiger partial charge in [0.2, 0.25) is 5.91 Å². The lowest BCUT2D eigenvalue weighted by atomic mass is 10.00. The van der Waals surface area contributed by atoms with Crippen molar-refractivity contribution in [3.05, 3.63) is 78.1 Å². The summed E-state index contributed by atoms with van der Waals surface area (Å²) in [6.07, 6.45) is 3.20. The molecule has 4 nitrogen and oxygen atoms in total. The van der Waals surface area contributed by atoms with Crippen molar-refractivity contribution in [2.45, 2.75) is 19.4 Å². The molecule has 1 aliphatic rings. The first kappa shape index (κ1) is 17.6. The molecule has 4 heteroatoms. The quantitative estimate of drug-likeness (QED) is 0.733. The highest BCUT2D eigenvalue weighted by molar-refractivity contribution is 5.80. The van der Waals surface area contributed by atoms with Gasteiger partial charge in [0.15, 0.2) is 0 Å². The molecule has 2 aromatic carbocycles. The van der Waals surface area contributed by atoms with Gasteiger partial charge >= 0.3 is 0 Å². The molecule has 0 saturated heterocycles. The Morgan fingerprint density at radius 1 is 1.15 bits per heavy atom. The number of furan rings is 1. The third kappa shape index (κ3) is 4.12. The Morgan fingerprint density at radius 2 is 1.93 bits per heavy atom. The monoisotopic (exact) mass is 360 g/mol. The molecule has 1 N–H and O–H groups in total. The smallest absolute Gasteiger partial charge is 0.234 e. The summed E-state index contributed by atoms with van der Waals surface area (Å²) in [6.45, 7) is 4.06. The molecular formula is C23H24N2O2. The first-order valence-electron chi connectivity index (χ1n) is 9.44. The Hall–Kier alpha value is -2.85. The van der Waals surface area contributed by atoms with Crippen LogP contribution in [0.25, 0.3) is 16.5 Å². The number of carbonyl (C=O) groups excluding carboxylic acids is 1. The average molecular weight is 360 g/mol. The number of benzene rings is 2. The predicted molar refractivity (Wildman–Crippen MR) is 108 cm³/mol. The van der Waals surface area contributed by atoms with Crippen LogP contribution in [0.15, 0.2) is 71.2 Å². The van der Waals surface area contributed by atoms with Crippen LogP contribution in [0, 0.1) is 0 Å². The molecule has 138 valence electrons. The molecule has 0 spiro atoms. The van der Waals surface area contributed by atoms with Crippen LogP contribution in [-0.2, 0) is 4.79 Å². The van der Waals surface area contributed by atoms with E-state index in [1.165, 1.54) is 11.1 Å². The van der Waals surface area contributed by atoms with Crippen molar-refractivity contribution >= 4 is 22.4 Å². The van der Waals surface area contributed by atoms with Gasteiger partial charge in [0.05, 0.1) is 12.6 Å². The van der Waals surface area contributed by atoms with Gasteiger partial charge in [-0.3, -0.25) is 9.69 Å². The summed E-state index contributed by atoms with van der Waals surface area (Å²) in [5.41, 5.74) is 3.49. The molecule has 1 aliphatic heterocycles. The lowest BCUT2D eigenvalue weighted by Crippen LogP contribution is -2.40. The Morgan fingerprint density at radius 3 is 2.67 bits per heavy atom. The highest BCUT2D eigenvalue weighted by Gasteiger charge is 2.18. The normalized spacial score (nSPS) is 16.1. The molecule has 0 aliphatic carbocycles. The number of carbonyl (C=O) groups is 1. The molecule has 0 radical (unpaired) electrons. The Bertz CT molecular complexity index is 926. The van der Waals surface area contributed by atoms with Gasteiger partial charge in [-0.05, 0) is 36.6 Å². The van der Waals surface area contributed by atoms with Crippen LogP contribution >= 0.6 is 0 Å². The highest BCUT2D eigenvalue weighted by Crippen LogP contribution is 2.24. The highest BCUT2D eigenvalue weighted by atomic mass is 16.3. The maximum atomic E-state index is 12.4. The van der Waals surface area contributed by atoms with Crippen molar-refractivity contribution in [1.29, 1.82) is 0 Å². The number of nitrogens with one attached hydrogen (secondary N) is 1. The second kappa shape index (κ2) is 7.80. The summed E-state index contributed by atoms with van der Waals surface area (Å²) in [5.74, 6) is 0.814. The van der Waals surface area contributed by atoms with Crippen LogP contribution in [0.4, 0.5) is 0 Å². The molecule has 1 atom stereocenters. The number of para-hydroxylation sites is 1. The number of amides is 1. The standard InChI is InChI=1S/C23H24N2O2/c1-17(22-15-20-9-5-6-10-21(20)27-22)24-23(26)16-25-13-11-19(12-14-25)18-7-3-2-4-8-18/h2-11,15,17H,12-14,16H2,1H3,(H,24,26)/t17-/m1/s1. The molecular weight excluding hydrogens is 336 g/mol. The minimum Gasteiger partial charge on any atom is -0.459 e. The van der Waals surface area contributed by atoms with Crippen LogP contribution in [-0.4, -0.2) is 30.4 Å². The van der Waals surface area contributed by atoms with E-state index in [0.29, 0.717) is 6.54 Å². The summed E-state index contributed by atoms with van der Waals surface area (Å²) in [5, 5.41) is 4.11. The third-order valence-corrected chi connectivity index (χ3v) is 5.05. The molecule has 2 heterocycles. The first-order chi connectivity index (χ1) is 13.2. The zero-order valence-corrected chi connectivity index (χ0v) is 15.5. The van der Waals surface area contributed by atoms with Crippen LogP contribution in [0.3, 0.4) is 0 Å². The first-order valence-corrected chi connectivity index (χ1v) is 9.44. The average Bonchev–Trinajstić information content (AvgIpc) is 3.14. The minimum absolute atomic E-state index is 0.0273. The van der Waals surface area contributed by atoms with Crippen LogP contribution in [0.2, 0.25) is 0 Å². The second-order valence-corrected chi connectivity index (χ2v) is 7.06. The van der Waals surface area contributed by atoms with E-state index >= 15 is 0 Å². The molecule has 4 rings (SSSR count).